The van der Waals surface area contributed by atoms with Crippen molar-refractivity contribution in [2.75, 3.05) is 13.1 Å². The summed E-state index contributed by atoms with van der Waals surface area (Å²) in [4.78, 5) is 0. The summed E-state index contributed by atoms with van der Waals surface area (Å²) >= 11 is 0. The zero-order valence-electron chi connectivity index (χ0n) is 11.0. The zero-order valence-corrected chi connectivity index (χ0v) is 11.0. The first-order chi connectivity index (χ1) is 8.63. The van der Waals surface area contributed by atoms with Gasteiger partial charge in [0.2, 0.25) is 0 Å². The molecule has 2 nitrogen and oxygen atoms in total. The minimum Gasteiger partial charge on any atom is -0.329 e. The number of benzene rings is 1. The highest BCUT2D eigenvalue weighted by Gasteiger charge is 2.17. The second-order valence-corrected chi connectivity index (χ2v) is 4.52. The molecule has 0 aromatic heterocycles. The summed E-state index contributed by atoms with van der Waals surface area (Å²) in [6, 6.07) is 3.87. The number of rotatable bonds is 7. The Balaban J connectivity index is 2.74. The Morgan fingerprint density at radius 1 is 1.22 bits per heavy atom. The van der Waals surface area contributed by atoms with Gasteiger partial charge in [0.05, 0.1) is 0 Å². The highest BCUT2D eigenvalue weighted by molar-refractivity contribution is 5.22. The van der Waals surface area contributed by atoms with Gasteiger partial charge in [-0.05, 0) is 18.5 Å². The Labute approximate surface area is 108 Å². The van der Waals surface area contributed by atoms with Crippen molar-refractivity contribution in [3.8, 4) is 0 Å². The van der Waals surface area contributed by atoms with E-state index in [-0.39, 0.29) is 12.6 Å². The first-order valence-electron chi connectivity index (χ1n) is 6.51. The van der Waals surface area contributed by atoms with Crippen LogP contribution in [0.1, 0.15) is 38.3 Å². The topological polar surface area (TPSA) is 38.0 Å². The number of nitrogens with one attached hydrogen (secondary N) is 1. The maximum absolute atomic E-state index is 13.7. The van der Waals surface area contributed by atoms with Crippen LogP contribution in [0.5, 0.6) is 0 Å². The van der Waals surface area contributed by atoms with Crippen LogP contribution < -0.4 is 11.1 Å². The predicted octanol–water partition coefficient (Wildman–Crippen LogP) is 2.99. The lowest BCUT2D eigenvalue weighted by atomic mass is 10.0. The van der Waals surface area contributed by atoms with E-state index in [1.165, 1.54) is 6.07 Å². The predicted molar refractivity (Wildman–Crippen MR) is 70.2 cm³/mol. The van der Waals surface area contributed by atoms with Crippen molar-refractivity contribution < 1.29 is 8.78 Å². The van der Waals surface area contributed by atoms with Crippen LogP contribution >= 0.6 is 0 Å². The van der Waals surface area contributed by atoms with Crippen molar-refractivity contribution in [1.29, 1.82) is 0 Å². The average Bonchev–Trinajstić information content (AvgIpc) is 2.39. The quantitative estimate of drug-likeness (QED) is 0.787. The Morgan fingerprint density at radius 3 is 2.44 bits per heavy atom. The highest BCUT2D eigenvalue weighted by atomic mass is 19.2. The van der Waals surface area contributed by atoms with Gasteiger partial charge < -0.3 is 11.1 Å². The van der Waals surface area contributed by atoms with Gasteiger partial charge in [-0.1, -0.05) is 38.8 Å². The molecule has 1 aromatic carbocycles. The molecule has 0 fully saturated rings. The maximum Gasteiger partial charge on any atom is 0.163 e. The van der Waals surface area contributed by atoms with Crippen LogP contribution in [0.25, 0.3) is 0 Å². The largest absolute Gasteiger partial charge is 0.329 e. The summed E-state index contributed by atoms with van der Waals surface area (Å²) < 4.78 is 26.8. The molecule has 4 heteroatoms. The molecular weight excluding hydrogens is 234 g/mol. The minimum atomic E-state index is -0.824. The molecule has 18 heavy (non-hydrogen) atoms. The number of hydrogen-bond donors (Lipinski definition) is 2. The average molecular weight is 256 g/mol. The van der Waals surface area contributed by atoms with Gasteiger partial charge >= 0.3 is 0 Å². The lowest BCUT2D eigenvalue weighted by Crippen LogP contribution is -2.32. The fourth-order valence-electron chi connectivity index (χ4n) is 2.00. The summed E-state index contributed by atoms with van der Waals surface area (Å²) in [5.41, 5.74) is 5.95. The van der Waals surface area contributed by atoms with Gasteiger partial charge in [-0.15, -0.1) is 0 Å². The third kappa shape index (κ3) is 3.75. The fourth-order valence-corrected chi connectivity index (χ4v) is 2.00. The Bertz CT molecular complexity index is 365. The van der Waals surface area contributed by atoms with E-state index in [9.17, 15) is 8.78 Å². The van der Waals surface area contributed by atoms with Crippen molar-refractivity contribution >= 4 is 0 Å². The van der Waals surface area contributed by atoms with Crippen LogP contribution in [0.15, 0.2) is 18.2 Å². The van der Waals surface area contributed by atoms with E-state index in [0.717, 1.165) is 25.5 Å². The molecule has 1 unspecified atom stereocenters. The number of halogens is 2. The van der Waals surface area contributed by atoms with Crippen molar-refractivity contribution in [2.45, 2.75) is 32.7 Å². The van der Waals surface area contributed by atoms with Gasteiger partial charge in [0.25, 0.3) is 0 Å². The van der Waals surface area contributed by atoms with Crippen molar-refractivity contribution in [2.24, 2.45) is 11.7 Å². The van der Waals surface area contributed by atoms with Crippen molar-refractivity contribution in [3.05, 3.63) is 35.4 Å². The molecule has 0 aliphatic carbocycles. The Kier molecular flexibility index (Phi) is 6.22. The third-order valence-electron chi connectivity index (χ3n) is 3.40. The molecule has 0 bridgehead atoms. The molecule has 0 heterocycles. The standard InChI is InChI=1S/C14H22F2N2/c1-3-10(4-2)9-18-13(8-17)11-6-5-7-12(15)14(11)16/h5-7,10,13,18H,3-4,8-9,17H2,1-2H3. The summed E-state index contributed by atoms with van der Waals surface area (Å²) in [5, 5.41) is 3.22. The summed E-state index contributed by atoms with van der Waals surface area (Å²) in [6.07, 6.45) is 2.12. The van der Waals surface area contributed by atoms with Gasteiger partial charge in [0.1, 0.15) is 0 Å². The number of hydrogen-bond acceptors (Lipinski definition) is 2. The summed E-state index contributed by atoms with van der Waals surface area (Å²) in [5.74, 6) is -1.09. The molecule has 0 radical (unpaired) electrons. The molecule has 0 aliphatic heterocycles. The van der Waals surface area contributed by atoms with Gasteiger partial charge in [-0.2, -0.15) is 0 Å². The minimum absolute atomic E-state index is 0.251. The molecule has 0 spiro atoms. The summed E-state index contributed by atoms with van der Waals surface area (Å²) in [7, 11) is 0. The molecule has 1 aromatic rings. The van der Waals surface area contributed by atoms with E-state index >= 15 is 0 Å². The lowest BCUT2D eigenvalue weighted by molar-refractivity contribution is 0.402. The van der Waals surface area contributed by atoms with Crippen LogP contribution in [-0.2, 0) is 0 Å². The molecule has 0 saturated heterocycles. The molecule has 102 valence electrons. The zero-order chi connectivity index (χ0) is 13.5. The van der Waals surface area contributed by atoms with Gasteiger partial charge in [-0.25, -0.2) is 8.78 Å². The molecule has 0 amide bonds. The monoisotopic (exact) mass is 256 g/mol. The van der Waals surface area contributed by atoms with Gasteiger partial charge in [0, 0.05) is 18.2 Å². The van der Waals surface area contributed by atoms with Gasteiger partial charge in [-0.3, -0.25) is 0 Å². The van der Waals surface area contributed by atoms with Crippen molar-refractivity contribution in [1.82, 2.24) is 5.32 Å². The summed E-state index contributed by atoms with van der Waals surface area (Å²) in [6.45, 7) is 5.26. The van der Waals surface area contributed by atoms with E-state index in [1.807, 2.05) is 0 Å². The van der Waals surface area contributed by atoms with Crippen LogP contribution in [0.4, 0.5) is 8.78 Å². The molecule has 1 rings (SSSR count). The first kappa shape index (κ1) is 15.1. The van der Waals surface area contributed by atoms with Gasteiger partial charge in [0.15, 0.2) is 11.6 Å². The SMILES string of the molecule is CCC(CC)CNC(CN)c1cccc(F)c1F. The normalized spacial score (nSPS) is 13.0. The Morgan fingerprint density at radius 2 is 1.89 bits per heavy atom. The molecular formula is C14H22F2N2. The van der Waals surface area contributed by atoms with Crippen LogP contribution in [0.3, 0.4) is 0 Å². The second-order valence-electron chi connectivity index (χ2n) is 4.52. The highest BCUT2D eigenvalue weighted by Crippen LogP contribution is 2.19. The molecule has 0 aliphatic rings. The van der Waals surface area contributed by atoms with E-state index < -0.39 is 11.6 Å². The molecule has 1 atom stereocenters. The van der Waals surface area contributed by atoms with E-state index in [2.05, 4.69) is 19.2 Å². The van der Waals surface area contributed by atoms with E-state index in [4.69, 9.17) is 5.73 Å². The van der Waals surface area contributed by atoms with Crippen LogP contribution in [0.2, 0.25) is 0 Å². The maximum atomic E-state index is 13.7. The second kappa shape index (κ2) is 7.44. The smallest absolute Gasteiger partial charge is 0.163 e. The van der Waals surface area contributed by atoms with E-state index in [0.29, 0.717) is 11.5 Å². The Hall–Kier alpha value is -1.00. The number of nitrogens with two attached hydrogens (primary N) is 1. The molecule has 0 saturated carbocycles. The lowest BCUT2D eigenvalue weighted by Gasteiger charge is -2.21. The third-order valence-corrected chi connectivity index (χ3v) is 3.40. The molecule has 3 N–H and O–H groups in total. The van der Waals surface area contributed by atoms with Crippen LogP contribution in [-0.4, -0.2) is 13.1 Å². The first-order valence-corrected chi connectivity index (χ1v) is 6.51. The fraction of sp³-hybridized carbons (Fsp3) is 0.571. The van der Waals surface area contributed by atoms with Crippen molar-refractivity contribution in [3.63, 3.8) is 0 Å². The van der Waals surface area contributed by atoms with E-state index in [1.54, 1.807) is 6.07 Å². The van der Waals surface area contributed by atoms with Crippen LogP contribution in [0, 0.1) is 17.6 Å².